The molecule has 0 aromatic heterocycles. The van der Waals surface area contributed by atoms with Gasteiger partial charge in [0.05, 0.1) is 23.8 Å². The predicted molar refractivity (Wildman–Crippen MR) is 92.2 cm³/mol. The molecule has 0 spiro atoms. The first-order valence-corrected chi connectivity index (χ1v) is 10.8. The van der Waals surface area contributed by atoms with Crippen molar-refractivity contribution >= 4 is 16.0 Å². The zero-order valence-corrected chi connectivity index (χ0v) is 15.3. The molecular formula is C17H27N3O4S. The van der Waals surface area contributed by atoms with Crippen LogP contribution in [0.25, 0.3) is 0 Å². The summed E-state index contributed by atoms with van der Waals surface area (Å²) in [7, 11) is -3.49. The Morgan fingerprint density at radius 2 is 1.92 bits per heavy atom. The first-order chi connectivity index (χ1) is 11.8. The zero-order valence-electron chi connectivity index (χ0n) is 14.5. The van der Waals surface area contributed by atoms with Crippen LogP contribution in [0.15, 0.2) is 0 Å². The summed E-state index contributed by atoms with van der Waals surface area (Å²) in [6.07, 6.45) is 6.78. The summed E-state index contributed by atoms with van der Waals surface area (Å²) in [4.78, 5) is 13.0. The normalized spacial score (nSPS) is 28.5. The monoisotopic (exact) mass is 369 g/mol. The van der Waals surface area contributed by atoms with E-state index in [4.69, 9.17) is 5.11 Å². The molecule has 8 heteroatoms. The molecule has 0 aromatic carbocycles. The molecule has 3 aliphatic rings. The van der Waals surface area contributed by atoms with Gasteiger partial charge >= 0.3 is 5.97 Å². The van der Waals surface area contributed by atoms with E-state index in [9.17, 15) is 18.5 Å². The van der Waals surface area contributed by atoms with Crippen molar-refractivity contribution in [2.45, 2.75) is 63.5 Å². The minimum Gasteiger partial charge on any atom is -0.480 e. The van der Waals surface area contributed by atoms with Gasteiger partial charge in [-0.25, -0.2) is 13.1 Å². The van der Waals surface area contributed by atoms with Crippen molar-refractivity contribution in [3.8, 4) is 6.07 Å². The lowest BCUT2D eigenvalue weighted by atomic mass is 9.86. The molecular weight excluding hydrogens is 342 g/mol. The van der Waals surface area contributed by atoms with Crippen molar-refractivity contribution in [3.05, 3.63) is 0 Å². The molecule has 0 radical (unpaired) electrons. The second-order valence-electron chi connectivity index (χ2n) is 8.06. The summed E-state index contributed by atoms with van der Waals surface area (Å²) in [5.74, 6) is -0.340. The quantitative estimate of drug-likeness (QED) is 0.634. The van der Waals surface area contributed by atoms with Crippen LogP contribution >= 0.6 is 0 Å². The minimum atomic E-state index is -3.49. The number of hydrogen-bond donors (Lipinski definition) is 2. The standard InChI is InChI=1S/C17H27N3O4S/c18-11-17(5-1-2-6-17)12-25(23,24)19-14-7-15(8-14)20(10-16(21)22)9-13-3-4-13/h13-15,19H,1-10,12H2,(H,21,22). The number of sulfonamides is 1. The fraction of sp³-hybridized carbons (Fsp3) is 0.882. The van der Waals surface area contributed by atoms with Crippen LogP contribution in [0.2, 0.25) is 0 Å². The summed E-state index contributed by atoms with van der Waals surface area (Å²) in [5, 5.41) is 18.4. The molecule has 25 heavy (non-hydrogen) atoms. The van der Waals surface area contributed by atoms with Gasteiger partial charge in [0.15, 0.2) is 0 Å². The fourth-order valence-electron chi connectivity index (χ4n) is 4.13. The van der Waals surface area contributed by atoms with E-state index in [2.05, 4.69) is 10.8 Å². The molecule has 3 aliphatic carbocycles. The molecule has 0 aromatic rings. The van der Waals surface area contributed by atoms with E-state index in [1.165, 1.54) is 0 Å². The topological polar surface area (TPSA) is 110 Å². The molecule has 140 valence electrons. The van der Waals surface area contributed by atoms with E-state index in [1.807, 2.05) is 4.90 Å². The SMILES string of the molecule is N#CC1(CS(=O)(=O)NC2CC(N(CC(=O)O)CC3CC3)C2)CCCC1. The van der Waals surface area contributed by atoms with Gasteiger partial charge in [-0.2, -0.15) is 5.26 Å². The van der Waals surface area contributed by atoms with Gasteiger partial charge in [0.2, 0.25) is 10.0 Å². The van der Waals surface area contributed by atoms with E-state index in [0.717, 1.165) is 32.2 Å². The van der Waals surface area contributed by atoms with Crippen molar-refractivity contribution in [3.63, 3.8) is 0 Å². The number of carbonyl (C=O) groups is 1. The number of carboxylic acid groups (broad SMARTS) is 1. The Morgan fingerprint density at radius 1 is 1.28 bits per heavy atom. The highest BCUT2D eigenvalue weighted by Crippen LogP contribution is 2.39. The molecule has 0 saturated heterocycles. The maximum Gasteiger partial charge on any atom is 0.317 e. The van der Waals surface area contributed by atoms with Gasteiger partial charge < -0.3 is 5.11 Å². The van der Waals surface area contributed by atoms with Gasteiger partial charge in [-0.05, 0) is 44.4 Å². The Morgan fingerprint density at radius 3 is 2.44 bits per heavy atom. The van der Waals surface area contributed by atoms with Crippen LogP contribution in [0, 0.1) is 22.7 Å². The van der Waals surface area contributed by atoms with Crippen molar-refractivity contribution in [1.82, 2.24) is 9.62 Å². The number of aliphatic carboxylic acids is 1. The lowest BCUT2D eigenvalue weighted by Gasteiger charge is -2.42. The summed E-state index contributed by atoms with van der Waals surface area (Å²) < 4.78 is 27.6. The maximum atomic E-state index is 12.4. The predicted octanol–water partition coefficient (Wildman–Crippen LogP) is 1.32. The molecule has 7 nitrogen and oxygen atoms in total. The van der Waals surface area contributed by atoms with E-state index in [0.29, 0.717) is 31.6 Å². The molecule has 0 bridgehead atoms. The highest BCUT2D eigenvalue weighted by Gasteiger charge is 2.42. The lowest BCUT2D eigenvalue weighted by Crippen LogP contribution is -2.56. The largest absolute Gasteiger partial charge is 0.480 e. The zero-order chi connectivity index (χ0) is 18.1. The first-order valence-electron chi connectivity index (χ1n) is 9.18. The molecule has 3 rings (SSSR count). The maximum absolute atomic E-state index is 12.4. The van der Waals surface area contributed by atoms with Gasteiger partial charge in [0.25, 0.3) is 0 Å². The average Bonchev–Trinajstić information content (AvgIpc) is 3.18. The average molecular weight is 369 g/mol. The number of nitrogens with one attached hydrogen (secondary N) is 1. The van der Waals surface area contributed by atoms with E-state index < -0.39 is 21.4 Å². The summed E-state index contributed by atoms with van der Waals surface area (Å²) in [6.45, 7) is 0.826. The lowest BCUT2D eigenvalue weighted by molar-refractivity contribution is -0.139. The van der Waals surface area contributed by atoms with Gasteiger partial charge in [-0.15, -0.1) is 0 Å². The second kappa shape index (κ2) is 7.22. The number of carboxylic acids is 1. The van der Waals surface area contributed by atoms with Crippen molar-refractivity contribution in [2.75, 3.05) is 18.8 Å². The molecule has 3 fully saturated rings. The van der Waals surface area contributed by atoms with Crippen molar-refractivity contribution in [1.29, 1.82) is 5.26 Å². The van der Waals surface area contributed by atoms with Gasteiger partial charge in [-0.1, -0.05) is 12.8 Å². The third-order valence-corrected chi connectivity index (χ3v) is 7.39. The third-order valence-electron chi connectivity index (χ3n) is 5.77. The van der Waals surface area contributed by atoms with Crippen LogP contribution < -0.4 is 4.72 Å². The van der Waals surface area contributed by atoms with Gasteiger partial charge in [0, 0.05) is 18.6 Å². The van der Waals surface area contributed by atoms with Crippen LogP contribution in [-0.4, -0.2) is 55.3 Å². The number of nitriles is 1. The van der Waals surface area contributed by atoms with Crippen molar-refractivity contribution in [2.24, 2.45) is 11.3 Å². The molecule has 2 N–H and O–H groups in total. The van der Waals surface area contributed by atoms with E-state index in [-0.39, 0.29) is 24.4 Å². The van der Waals surface area contributed by atoms with Crippen LogP contribution in [-0.2, 0) is 14.8 Å². The van der Waals surface area contributed by atoms with Crippen LogP contribution in [0.5, 0.6) is 0 Å². The molecule has 0 amide bonds. The summed E-state index contributed by atoms with van der Waals surface area (Å²) in [6, 6.07) is 2.23. The second-order valence-corrected chi connectivity index (χ2v) is 9.82. The van der Waals surface area contributed by atoms with Crippen LogP contribution in [0.4, 0.5) is 0 Å². The summed E-state index contributed by atoms with van der Waals surface area (Å²) in [5.41, 5.74) is -0.726. The Balaban J connectivity index is 1.49. The number of hydrogen-bond acceptors (Lipinski definition) is 5. The number of rotatable bonds is 9. The highest BCUT2D eigenvalue weighted by molar-refractivity contribution is 7.89. The Hall–Kier alpha value is -1.17. The molecule has 0 unspecified atom stereocenters. The van der Waals surface area contributed by atoms with E-state index >= 15 is 0 Å². The highest BCUT2D eigenvalue weighted by atomic mass is 32.2. The molecule has 0 heterocycles. The number of nitrogens with zero attached hydrogens (tertiary/aromatic N) is 2. The minimum absolute atomic E-state index is 0.0260. The Kier molecular flexibility index (Phi) is 5.37. The Labute approximate surface area is 149 Å². The molecule has 3 saturated carbocycles. The Bertz CT molecular complexity index is 641. The fourth-order valence-corrected chi connectivity index (χ4v) is 5.99. The van der Waals surface area contributed by atoms with Gasteiger partial charge in [0.1, 0.15) is 0 Å². The van der Waals surface area contributed by atoms with Gasteiger partial charge in [-0.3, -0.25) is 9.69 Å². The third kappa shape index (κ3) is 4.93. The van der Waals surface area contributed by atoms with Crippen molar-refractivity contribution < 1.29 is 18.3 Å². The van der Waals surface area contributed by atoms with Crippen LogP contribution in [0.3, 0.4) is 0 Å². The molecule has 0 atom stereocenters. The smallest absolute Gasteiger partial charge is 0.317 e. The first kappa shape index (κ1) is 18.6. The van der Waals surface area contributed by atoms with Crippen LogP contribution in [0.1, 0.15) is 51.4 Å². The van der Waals surface area contributed by atoms with E-state index in [1.54, 1.807) is 0 Å². The molecule has 0 aliphatic heterocycles. The summed E-state index contributed by atoms with van der Waals surface area (Å²) >= 11 is 0.